The molecular weight excluding hydrogens is 573 g/mol. The van der Waals surface area contributed by atoms with Gasteiger partial charge in [-0.15, -0.1) is 0 Å². The second kappa shape index (κ2) is 11.8. The summed E-state index contributed by atoms with van der Waals surface area (Å²) in [7, 11) is 1.62. The van der Waals surface area contributed by atoms with Gasteiger partial charge in [0.25, 0.3) is 0 Å². The number of nitrogens with one attached hydrogen (secondary N) is 3. The monoisotopic (exact) mass is 607 g/mol. The van der Waals surface area contributed by atoms with Crippen molar-refractivity contribution in [3.8, 4) is 16.9 Å². The summed E-state index contributed by atoms with van der Waals surface area (Å²) < 4.78 is 19.7. The maximum atomic E-state index is 13.9. The molecule has 10 nitrogen and oxygen atoms in total. The molecule has 1 spiro atoms. The van der Waals surface area contributed by atoms with E-state index in [9.17, 15) is 9.18 Å². The van der Waals surface area contributed by atoms with Gasteiger partial charge in [0.15, 0.2) is 5.82 Å². The summed E-state index contributed by atoms with van der Waals surface area (Å²) in [5.74, 6) is 1.15. The van der Waals surface area contributed by atoms with Gasteiger partial charge < -0.3 is 25.6 Å². The SMILES string of the molecule is C=CC(=O)Nc1cc(Nc2cc(N3OCCC3c3cccc(-c4cccc(F)c4)c3)ncn2)c(OC)cc1N1CC2(CNC2)C1. The lowest BCUT2D eigenvalue weighted by molar-refractivity contribution is -0.111. The summed E-state index contributed by atoms with van der Waals surface area (Å²) in [6.45, 7) is 7.96. The third-order valence-electron chi connectivity index (χ3n) is 8.63. The fraction of sp³-hybridized carbons (Fsp3) is 0.265. The lowest BCUT2D eigenvalue weighted by atomic mass is 9.74. The summed E-state index contributed by atoms with van der Waals surface area (Å²) in [4.78, 5) is 29.6. The number of halogens is 1. The molecule has 3 saturated heterocycles. The lowest BCUT2D eigenvalue weighted by Gasteiger charge is -2.57. The molecule has 0 radical (unpaired) electrons. The van der Waals surface area contributed by atoms with E-state index in [1.54, 1.807) is 18.2 Å². The van der Waals surface area contributed by atoms with Gasteiger partial charge in [0, 0.05) is 50.1 Å². The molecule has 3 fully saturated rings. The summed E-state index contributed by atoms with van der Waals surface area (Å²) in [6.07, 6.45) is 3.49. The molecule has 1 unspecified atom stereocenters. The van der Waals surface area contributed by atoms with E-state index >= 15 is 0 Å². The Hall–Kier alpha value is -5.00. The van der Waals surface area contributed by atoms with Gasteiger partial charge in [-0.1, -0.05) is 36.9 Å². The van der Waals surface area contributed by atoms with E-state index in [-0.39, 0.29) is 17.8 Å². The maximum absolute atomic E-state index is 13.9. The highest BCUT2D eigenvalue weighted by Crippen LogP contribution is 2.45. The Kier molecular flexibility index (Phi) is 7.56. The van der Waals surface area contributed by atoms with Crippen molar-refractivity contribution in [1.29, 1.82) is 0 Å². The highest BCUT2D eigenvalue weighted by atomic mass is 19.1. The molecule has 1 amide bonds. The topological polar surface area (TPSA) is 104 Å². The van der Waals surface area contributed by atoms with Crippen LogP contribution < -0.4 is 30.7 Å². The average Bonchev–Trinajstić information content (AvgIpc) is 3.51. The predicted octanol–water partition coefficient (Wildman–Crippen LogP) is 5.45. The van der Waals surface area contributed by atoms with Crippen LogP contribution in [0.2, 0.25) is 0 Å². The second-order valence-corrected chi connectivity index (χ2v) is 11.7. The predicted molar refractivity (Wildman–Crippen MR) is 172 cm³/mol. The van der Waals surface area contributed by atoms with Crippen molar-refractivity contribution in [3.05, 3.63) is 97.1 Å². The van der Waals surface area contributed by atoms with Gasteiger partial charge in [-0.2, -0.15) is 0 Å². The van der Waals surface area contributed by atoms with Gasteiger partial charge in [0.1, 0.15) is 23.7 Å². The second-order valence-electron chi connectivity index (χ2n) is 11.7. The van der Waals surface area contributed by atoms with Crippen LogP contribution in [0.1, 0.15) is 18.0 Å². The van der Waals surface area contributed by atoms with E-state index < -0.39 is 0 Å². The van der Waals surface area contributed by atoms with Crippen molar-refractivity contribution < 1.29 is 18.8 Å². The molecule has 0 aliphatic carbocycles. The molecule has 11 heteroatoms. The zero-order chi connectivity index (χ0) is 31.0. The number of ether oxygens (including phenoxy) is 1. The third-order valence-corrected chi connectivity index (χ3v) is 8.63. The largest absolute Gasteiger partial charge is 0.494 e. The van der Waals surface area contributed by atoms with E-state index in [0.717, 1.165) is 55.0 Å². The standard InChI is InChI=1S/C34H34FN7O3/c1-3-33(43)40-26-14-27(30(44-2)15-29(26)41-19-34(20-41)17-36-18-34)39-31-16-32(38-21-37-31)42-28(10-11-45-42)24-8-4-6-22(12-24)23-7-5-9-25(35)13-23/h3-9,12-16,21,28,36H,1,10-11,17-20H2,2H3,(H,40,43)(H,37,38,39). The van der Waals surface area contributed by atoms with Gasteiger partial charge in [0.2, 0.25) is 5.91 Å². The molecule has 7 rings (SSSR count). The van der Waals surface area contributed by atoms with Gasteiger partial charge in [0.05, 0.1) is 36.8 Å². The lowest BCUT2D eigenvalue weighted by Crippen LogP contribution is -2.71. The van der Waals surface area contributed by atoms with E-state index in [1.807, 2.05) is 42.5 Å². The van der Waals surface area contributed by atoms with Gasteiger partial charge in [-0.25, -0.2) is 19.4 Å². The Morgan fingerprint density at radius 3 is 2.62 bits per heavy atom. The minimum atomic E-state index is -0.295. The molecule has 0 saturated carbocycles. The molecule has 3 aromatic carbocycles. The number of anilines is 5. The molecule has 3 N–H and O–H groups in total. The van der Waals surface area contributed by atoms with E-state index in [0.29, 0.717) is 40.8 Å². The van der Waals surface area contributed by atoms with Crippen LogP contribution in [0.25, 0.3) is 11.1 Å². The Morgan fingerprint density at radius 1 is 1.09 bits per heavy atom. The zero-order valence-electron chi connectivity index (χ0n) is 24.9. The molecule has 230 valence electrons. The van der Waals surface area contributed by atoms with Crippen molar-refractivity contribution in [3.63, 3.8) is 0 Å². The molecule has 3 aliphatic rings. The van der Waals surface area contributed by atoms with Crippen molar-refractivity contribution >= 4 is 34.6 Å². The van der Waals surface area contributed by atoms with E-state index in [4.69, 9.17) is 9.57 Å². The van der Waals surface area contributed by atoms with Crippen LogP contribution in [0.3, 0.4) is 0 Å². The first-order valence-corrected chi connectivity index (χ1v) is 14.9. The van der Waals surface area contributed by atoms with Gasteiger partial charge in [-0.05, 0) is 47.0 Å². The minimum Gasteiger partial charge on any atom is -0.494 e. The molecule has 1 aromatic heterocycles. The van der Waals surface area contributed by atoms with E-state index in [1.165, 1.54) is 24.5 Å². The third kappa shape index (κ3) is 5.67. The van der Waals surface area contributed by atoms with Crippen LogP contribution in [0.5, 0.6) is 5.75 Å². The first kappa shape index (κ1) is 28.8. The number of rotatable bonds is 9. The van der Waals surface area contributed by atoms with Crippen LogP contribution in [-0.2, 0) is 9.63 Å². The number of aromatic nitrogens is 2. The zero-order valence-corrected chi connectivity index (χ0v) is 24.9. The van der Waals surface area contributed by atoms with Crippen molar-refractivity contribution in [2.24, 2.45) is 5.41 Å². The first-order valence-electron chi connectivity index (χ1n) is 14.9. The van der Waals surface area contributed by atoms with Crippen molar-refractivity contribution in [1.82, 2.24) is 15.3 Å². The van der Waals surface area contributed by atoms with Crippen LogP contribution in [0, 0.1) is 11.2 Å². The summed E-state index contributed by atoms with van der Waals surface area (Å²) in [6, 6.07) is 20.1. The number of hydroxylamine groups is 1. The van der Waals surface area contributed by atoms with Crippen LogP contribution in [0.15, 0.2) is 85.7 Å². The van der Waals surface area contributed by atoms with E-state index in [2.05, 4.69) is 43.5 Å². The Balaban J connectivity index is 1.15. The maximum Gasteiger partial charge on any atom is 0.247 e. The Bertz CT molecular complexity index is 1750. The Labute approximate surface area is 260 Å². The molecular formula is C34H34FN7O3. The quantitative estimate of drug-likeness (QED) is 0.214. The number of carbonyl (C=O) groups excluding carboxylic acids is 1. The molecule has 4 aromatic rings. The van der Waals surface area contributed by atoms with Crippen LogP contribution >= 0.6 is 0 Å². The molecule has 3 aliphatic heterocycles. The van der Waals surface area contributed by atoms with Crippen molar-refractivity contribution in [2.75, 3.05) is 60.5 Å². The number of methoxy groups -OCH3 is 1. The highest BCUT2D eigenvalue weighted by molar-refractivity contribution is 6.02. The molecule has 0 bridgehead atoms. The smallest absolute Gasteiger partial charge is 0.247 e. The number of nitrogens with zero attached hydrogens (tertiary/aromatic N) is 4. The normalized spacial score (nSPS) is 18.2. The minimum absolute atomic E-state index is 0.0958. The number of hydrogen-bond donors (Lipinski definition) is 3. The first-order chi connectivity index (χ1) is 21.9. The molecule has 4 heterocycles. The number of carbonyl (C=O) groups is 1. The van der Waals surface area contributed by atoms with Crippen LogP contribution in [-0.4, -0.2) is 55.8 Å². The number of amides is 1. The summed E-state index contributed by atoms with van der Waals surface area (Å²) in [5, 5.41) is 11.5. The Morgan fingerprint density at radius 2 is 1.89 bits per heavy atom. The number of hydrogen-bond acceptors (Lipinski definition) is 9. The summed E-state index contributed by atoms with van der Waals surface area (Å²) >= 11 is 0. The average molecular weight is 608 g/mol. The van der Waals surface area contributed by atoms with Gasteiger partial charge in [-0.3, -0.25) is 9.63 Å². The molecule has 1 atom stereocenters. The highest BCUT2D eigenvalue weighted by Gasteiger charge is 2.48. The van der Waals surface area contributed by atoms with Gasteiger partial charge >= 0.3 is 0 Å². The molecule has 45 heavy (non-hydrogen) atoms. The van der Waals surface area contributed by atoms with Crippen LogP contribution in [0.4, 0.5) is 33.1 Å². The summed E-state index contributed by atoms with van der Waals surface area (Å²) in [5.41, 5.74) is 5.25. The number of benzene rings is 3. The fourth-order valence-electron chi connectivity index (χ4n) is 6.28. The fourth-order valence-corrected chi connectivity index (χ4v) is 6.28. The van der Waals surface area contributed by atoms with Crippen molar-refractivity contribution in [2.45, 2.75) is 12.5 Å².